The molecule has 2 saturated heterocycles. The summed E-state index contributed by atoms with van der Waals surface area (Å²) in [4.78, 5) is 27.4. The molecule has 0 amide bonds. The number of rotatable bonds is 11. The smallest absolute Gasteiger partial charge is 0.330 e. The van der Waals surface area contributed by atoms with Crippen LogP contribution in [0.4, 0.5) is 0 Å². The van der Waals surface area contributed by atoms with E-state index in [2.05, 4.69) is 4.98 Å². The average Bonchev–Trinajstić information content (AvgIpc) is 3.69. The van der Waals surface area contributed by atoms with Crippen molar-refractivity contribution >= 4 is 8.53 Å². The lowest BCUT2D eigenvalue weighted by Crippen LogP contribution is -2.38. The average molecular weight is 648 g/mol. The third kappa shape index (κ3) is 6.40. The number of nitrogens with zero attached hydrogens (tertiary/aromatic N) is 2. The Bertz CT molecular complexity index is 1680. The van der Waals surface area contributed by atoms with Crippen LogP contribution in [0.25, 0.3) is 0 Å². The number of benzene rings is 3. The maximum absolute atomic E-state index is 12.9. The molecule has 2 aliphatic rings. The second kappa shape index (κ2) is 13.9. The number of hydrogen-bond donors (Lipinski definition) is 1. The lowest BCUT2D eigenvalue weighted by Gasteiger charge is -2.37. The van der Waals surface area contributed by atoms with Crippen molar-refractivity contribution in [3.63, 3.8) is 0 Å². The molecule has 3 aromatic carbocycles. The molecule has 4 atom stereocenters. The van der Waals surface area contributed by atoms with E-state index in [1.165, 1.54) is 10.8 Å². The van der Waals surface area contributed by atoms with Crippen LogP contribution in [0, 0.1) is 6.92 Å². The summed E-state index contributed by atoms with van der Waals surface area (Å²) in [5.41, 5.74) is 1.04. The van der Waals surface area contributed by atoms with E-state index < -0.39 is 43.8 Å². The molecule has 4 aromatic rings. The molecule has 2 fully saturated rings. The Morgan fingerprint density at radius 1 is 0.913 bits per heavy atom. The van der Waals surface area contributed by atoms with Gasteiger partial charge in [0, 0.05) is 24.7 Å². The fourth-order valence-electron chi connectivity index (χ4n) is 5.87. The fraction of sp³-hybridized carbons (Fsp3) is 0.353. The monoisotopic (exact) mass is 647 g/mol. The molecule has 1 aromatic heterocycles. The van der Waals surface area contributed by atoms with Gasteiger partial charge in [0.2, 0.25) is 0 Å². The number of H-pyrrole nitrogens is 1. The normalized spacial score (nSPS) is 21.8. The summed E-state index contributed by atoms with van der Waals surface area (Å²) in [5.74, 6) is 1.45. The van der Waals surface area contributed by atoms with Crippen molar-refractivity contribution in [3.8, 4) is 11.5 Å². The molecule has 0 aliphatic carbocycles. The number of likely N-dealkylation sites (N-methyl/N-ethyl adjacent to an activating group) is 1. The van der Waals surface area contributed by atoms with Crippen molar-refractivity contribution < 1.29 is 28.0 Å². The van der Waals surface area contributed by atoms with Gasteiger partial charge in [-0.1, -0.05) is 54.6 Å². The predicted molar refractivity (Wildman–Crippen MR) is 173 cm³/mol. The van der Waals surface area contributed by atoms with E-state index in [1.54, 1.807) is 21.1 Å². The maximum atomic E-state index is 12.9. The van der Waals surface area contributed by atoms with Gasteiger partial charge in [0.15, 0.2) is 0 Å². The quantitative estimate of drug-likeness (QED) is 0.182. The van der Waals surface area contributed by atoms with Gasteiger partial charge in [-0.3, -0.25) is 14.3 Å². The van der Waals surface area contributed by atoms with E-state index in [0.29, 0.717) is 18.6 Å². The SMILES string of the molecule is COc1ccc(C(OC[C@H]2O[C@@H](n3cc(C)c(=O)[nH]c3=O)C[C@@H]2OP2OCCN2C)(c2ccccc2)c2ccc(OC)cc2)cc1. The van der Waals surface area contributed by atoms with E-state index in [4.69, 9.17) is 28.0 Å². The van der Waals surface area contributed by atoms with E-state index in [-0.39, 0.29) is 6.61 Å². The zero-order valence-corrected chi connectivity index (χ0v) is 27.1. The first-order chi connectivity index (χ1) is 22.3. The third-order valence-electron chi connectivity index (χ3n) is 8.40. The van der Waals surface area contributed by atoms with Crippen molar-refractivity contribution in [1.82, 2.24) is 14.2 Å². The molecular weight excluding hydrogens is 609 g/mol. The topological polar surface area (TPSA) is 113 Å². The van der Waals surface area contributed by atoms with Crippen LogP contribution < -0.4 is 20.7 Å². The van der Waals surface area contributed by atoms with Crippen molar-refractivity contribution in [1.29, 1.82) is 0 Å². The highest BCUT2D eigenvalue weighted by Gasteiger charge is 2.45. The lowest BCUT2D eigenvalue weighted by atomic mass is 9.80. The number of aryl methyl sites for hydroxylation is 1. The van der Waals surface area contributed by atoms with Gasteiger partial charge >= 0.3 is 5.69 Å². The summed E-state index contributed by atoms with van der Waals surface area (Å²) in [6.07, 6.45) is 0.162. The standard InChI is InChI=1S/C34H38N3O8P/c1-23-21-37(33(39)35-32(23)38)31-20-29(45-46-36(2)18-19-43-46)30(44-31)22-42-34(24-8-6-5-7-9-24,25-10-14-27(40-3)15-11-25)26-12-16-28(41-4)17-13-26/h5-17,21,29-31H,18-20,22H2,1-4H3,(H,35,38,39)/t29-,30+,31+,46?/m0/s1. The highest BCUT2D eigenvalue weighted by molar-refractivity contribution is 7.44. The van der Waals surface area contributed by atoms with Crippen LogP contribution in [0.3, 0.4) is 0 Å². The number of nitrogens with one attached hydrogen (secondary N) is 1. The summed E-state index contributed by atoms with van der Waals surface area (Å²) >= 11 is 0. The van der Waals surface area contributed by atoms with Crippen molar-refractivity contribution in [2.45, 2.75) is 37.4 Å². The van der Waals surface area contributed by atoms with E-state index in [9.17, 15) is 9.59 Å². The molecule has 12 heteroatoms. The van der Waals surface area contributed by atoms with Crippen molar-refractivity contribution in [2.75, 3.05) is 41.0 Å². The van der Waals surface area contributed by atoms with Crippen molar-refractivity contribution in [3.05, 3.63) is 128 Å². The molecule has 242 valence electrons. The van der Waals surface area contributed by atoms with E-state index >= 15 is 0 Å². The number of aromatic nitrogens is 2. The van der Waals surface area contributed by atoms with E-state index in [1.807, 2.05) is 90.6 Å². The molecule has 0 radical (unpaired) electrons. The number of ether oxygens (including phenoxy) is 4. The summed E-state index contributed by atoms with van der Waals surface area (Å²) < 4.78 is 40.5. The third-order valence-corrected chi connectivity index (χ3v) is 10.0. The van der Waals surface area contributed by atoms with Crippen LogP contribution >= 0.6 is 8.53 Å². The largest absolute Gasteiger partial charge is 0.497 e. The molecular formula is C34H38N3O8P. The minimum absolute atomic E-state index is 0.109. The number of methoxy groups -OCH3 is 2. The van der Waals surface area contributed by atoms with Gasteiger partial charge in [-0.25, -0.2) is 9.46 Å². The van der Waals surface area contributed by atoms with Crippen LogP contribution in [-0.4, -0.2) is 67.5 Å². The summed E-state index contributed by atoms with van der Waals surface area (Å²) in [7, 11) is 3.92. The van der Waals surface area contributed by atoms with E-state index in [0.717, 1.165) is 34.7 Å². The Labute approximate surface area is 268 Å². The Morgan fingerprint density at radius 2 is 1.52 bits per heavy atom. The summed E-state index contributed by atoms with van der Waals surface area (Å²) in [6, 6.07) is 25.6. The van der Waals surface area contributed by atoms with Crippen LogP contribution in [0.5, 0.6) is 11.5 Å². The summed E-state index contributed by atoms with van der Waals surface area (Å²) in [5, 5.41) is 0. The van der Waals surface area contributed by atoms with Gasteiger partial charge in [-0.05, 0) is 54.9 Å². The van der Waals surface area contributed by atoms with Gasteiger partial charge in [0.05, 0.1) is 33.5 Å². The molecule has 0 spiro atoms. The van der Waals surface area contributed by atoms with Crippen LogP contribution in [-0.2, 0) is 24.1 Å². The van der Waals surface area contributed by atoms with Gasteiger partial charge in [0.1, 0.15) is 29.4 Å². The van der Waals surface area contributed by atoms with Crippen LogP contribution in [0.2, 0.25) is 0 Å². The van der Waals surface area contributed by atoms with Gasteiger partial charge in [0.25, 0.3) is 14.1 Å². The first kappa shape index (κ1) is 32.1. The second-order valence-corrected chi connectivity index (χ2v) is 12.9. The van der Waals surface area contributed by atoms with Gasteiger partial charge in [-0.15, -0.1) is 0 Å². The molecule has 6 rings (SSSR count). The Hall–Kier alpha value is -3.83. The second-order valence-electron chi connectivity index (χ2n) is 11.3. The number of hydrogen-bond acceptors (Lipinski definition) is 9. The fourth-order valence-corrected chi connectivity index (χ4v) is 7.23. The zero-order chi connectivity index (χ0) is 32.3. The van der Waals surface area contributed by atoms with Crippen LogP contribution in [0.15, 0.2) is 94.6 Å². The number of aromatic amines is 1. The Morgan fingerprint density at radius 3 is 2.09 bits per heavy atom. The molecule has 2 aliphatic heterocycles. The maximum Gasteiger partial charge on any atom is 0.330 e. The predicted octanol–water partition coefficient (Wildman–Crippen LogP) is 4.73. The molecule has 11 nitrogen and oxygen atoms in total. The molecule has 1 unspecified atom stereocenters. The highest BCUT2D eigenvalue weighted by atomic mass is 31.2. The Kier molecular flexibility index (Phi) is 9.70. The van der Waals surface area contributed by atoms with Gasteiger partial charge < -0.3 is 28.0 Å². The molecule has 0 saturated carbocycles. The minimum atomic E-state index is -1.31. The molecule has 0 bridgehead atoms. The first-order valence-electron chi connectivity index (χ1n) is 15.1. The minimum Gasteiger partial charge on any atom is -0.497 e. The van der Waals surface area contributed by atoms with Crippen molar-refractivity contribution in [2.24, 2.45) is 0 Å². The summed E-state index contributed by atoms with van der Waals surface area (Å²) in [6.45, 7) is 3.10. The highest BCUT2D eigenvalue weighted by Crippen LogP contribution is 2.50. The molecule has 1 N–H and O–H groups in total. The zero-order valence-electron chi connectivity index (χ0n) is 26.3. The Balaban J connectivity index is 1.41. The molecule has 46 heavy (non-hydrogen) atoms. The lowest BCUT2D eigenvalue weighted by molar-refractivity contribution is -0.0919. The van der Waals surface area contributed by atoms with Crippen LogP contribution in [0.1, 0.15) is 34.9 Å². The first-order valence-corrected chi connectivity index (χ1v) is 16.2. The van der Waals surface area contributed by atoms with Gasteiger partial charge in [-0.2, -0.15) is 0 Å². The molecule has 3 heterocycles.